The summed E-state index contributed by atoms with van der Waals surface area (Å²) in [6.07, 6.45) is 5.35. The Labute approximate surface area is 212 Å². The van der Waals surface area contributed by atoms with Crippen molar-refractivity contribution in [2.24, 2.45) is 0 Å². The molecule has 0 spiro atoms. The number of carboxylic acid groups (broad SMARTS) is 1. The summed E-state index contributed by atoms with van der Waals surface area (Å²) in [6.45, 7) is 2.60. The normalized spacial score (nSPS) is 11.7. The number of carbonyl (C=O) groups excluding carboxylic acids is 1. The van der Waals surface area contributed by atoms with Gasteiger partial charge in [-0.2, -0.15) is 0 Å². The first kappa shape index (κ1) is 26.5. The highest BCUT2D eigenvalue weighted by Crippen LogP contribution is 2.26. The van der Waals surface area contributed by atoms with Gasteiger partial charge >= 0.3 is 5.97 Å². The van der Waals surface area contributed by atoms with Crippen LogP contribution in [0.2, 0.25) is 0 Å². The zero-order valence-corrected chi connectivity index (χ0v) is 20.8. The SMILES string of the molecule is CCC(C(=O)N(C)CCc1cccc(OCC=Cc2ccccc2)c1)c1cccc(OCC(=O)O)c1. The maximum Gasteiger partial charge on any atom is 0.341 e. The maximum absolute atomic E-state index is 13.2. The van der Waals surface area contributed by atoms with E-state index in [2.05, 4.69) is 0 Å². The van der Waals surface area contributed by atoms with Crippen molar-refractivity contribution in [2.75, 3.05) is 26.8 Å². The van der Waals surface area contributed by atoms with Crippen LogP contribution < -0.4 is 9.47 Å². The summed E-state index contributed by atoms with van der Waals surface area (Å²) in [5.41, 5.74) is 3.04. The molecule has 1 amide bonds. The van der Waals surface area contributed by atoms with E-state index < -0.39 is 12.6 Å². The molecule has 0 aliphatic carbocycles. The number of carbonyl (C=O) groups is 2. The zero-order valence-electron chi connectivity index (χ0n) is 20.8. The predicted octanol–water partition coefficient (Wildman–Crippen LogP) is 5.44. The van der Waals surface area contributed by atoms with Gasteiger partial charge in [-0.15, -0.1) is 0 Å². The second-order valence-electron chi connectivity index (χ2n) is 8.50. The molecule has 188 valence electrons. The quantitative estimate of drug-likeness (QED) is 0.348. The second kappa shape index (κ2) is 13.7. The van der Waals surface area contributed by atoms with Gasteiger partial charge < -0.3 is 19.5 Å². The largest absolute Gasteiger partial charge is 0.490 e. The molecule has 0 aliphatic rings. The van der Waals surface area contributed by atoms with Gasteiger partial charge in [-0.3, -0.25) is 4.79 Å². The average Bonchev–Trinajstić information content (AvgIpc) is 2.90. The monoisotopic (exact) mass is 487 g/mol. The molecule has 0 fully saturated rings. The van der Waals surface area contributed by atoms with Gasteiger partial charge in [0.25, 0.3) is 0 Å². The highest BCUT2D eigenvalue weighted by atomic mass is 16.5. The molecule has 3 rings (SSSR count). The molecule has 0 aromatic heterocycles. The number of ether oxygens (including phenoxy) is 2. The van der Waals surface area contributed by atoms with Gasteiger partial charge in [0.2, 0.25) is 5.91 Å². The van der Waals surface area contributed by atoms with E-state index in [0.29, 0.717) is 31.7 Å². The van der Waals surface area contributed by atoms with Crippen LogP contribution in [-0.2, 0) is 16.0 Å². The van der Waals surface area contributed by atoms with Gasteiger partial charge in [-0.05, 0) is 59.9 Å². The van der Waals surface area contributed by atoms with E-state index in [9.17, 15) is 9.59 Å². The fourth-order valence-corrected chi connectivity index (χ4v) is 3.88. The second-order valence-corrected chi connectivity index (χ2v) is 8.50. The Morgan fingerprint density at radius 2 is 1.67 bits per heavy atom. The van der Waals surface area contributed by atoms with Crippen LogP contribution in [0.15, 0.2) is 84.9 Å². The van der Waals surface area contributed by atoms with Gasteiger partial charge in [0.1, 0.15) is 18.1 Å². The molecule has 0 aliphatic heterocycles. The molecule has 6 nitrogen and oxygen atoms in total. The Kier molecular flexibility index (Phi) is 10.1. The van der Waals surface area contributed by atoms with E-state index in [-0.39, 0.29) is 11.8 Å². The molecule has 0 bridgehead atoms. The van der Waals surface area contributed by atoms with Gasteiger partial charge in [0, 0.05) is 13.6 Å². The van der Waals surface area contributed by atoms with Crippen molar-refractivity contribution >= 4 is 18.0 Å². The number of carboxylic acids is 1. The highest BCUT2D eigenvalue weighted by Gasteiger charge is 2.22. The number of aliphatic carboxylic acids is 1. The lowest BCUT2D eigenvalue weighted by Gasteiger charge is -2.24. The van der Waals surface area contributed by atoms with Crippen LogP contribution in [0.3, 0.4) is 0 Å². The van der Waals surface area contributed by atoms with Gasteiger partial charge in [-0.1, -0.05) is 67.6 Å². The molecule has 1 atom stereocenters. The van der Waals surface area contributed by atoms with Crippen molar-refractivity contribution in [3.05, 3.63) is 102 Å². The van der Waals surface area contributed by atoms with E-state index in [4.69, 9.17) is 14.6 Å². The number of hydrogen-bond donors (Lipinski definition) is 1. The molecular weight excluding hydrogens is 454 g/mol. The summed E-state index contributed by atoms with van der Waals surface area (Å²) in [4.78, 5) is 25.7. The Balaban J connectivity index is 1.53. The number of amides is 1. The van der Waals surface area contributed by atoms with E-state index >= 15 is 0 Å². The molecule has 3 aromatic carbocycles. The topological polar surface area (TPSA) is 76.1 Å². The van der Waals surface area contributed by atoms with Crippen LogP contribution in [0.5, 0.6) is 11.5 Å². The molecule has 6 heteroatoms. The third-order valence-electron chi connectivity index (χ3n) is 5.80. The molecule has 0 radical (unpaired) electrons. The molecule has 1 N–H and O–H groups in total. The molecule has 0 saturated heterocycles. The van der Waals surface area contributed by atoms with Crippen molar-refractivity contribution in [3.63, 3.8) is 0 Å². The first-order chi connectivity index (χ1) is 17.5. The van der Waals surface area contributed by atoms with Crippen LogP contribution in [-0.4, -0.2) is 48.7 Å². The Bertz CT molecular complexity index is 1160. The van der Waals surface area contributed by atoms with Crippen LogP contribution in [0.1, 0.15) is 36.0 Å². The number of benzene rings is 3. The summed E-state index contributed by atoms with van der Waals surface area (Å²) in [6, 6.07) is 25.1. The van der Waals surface area contributed by atoms with Gasteiger partial charge in [-0.25, -0.2) is 4.79 Å². The van der Waals surface area contributed by atoms with Crippen molar-refractivity contribution in [1.82, 2.24) is 4.90 Å². The molecule has 3 aromatic rings. The minimum atomic E-state index is -1.04. The lowest BCUT2D eigenvalue weighted by atomic mass is 9.94. The lowest BCUT2D eigenvalue weighted by Crippen LogP contribution is -2.33. The van der Waals surface area contributed by atoms with E-state index in [1.54, 1.807) is 23.1 Å². The minimum Gasteiger partial charge on any atom is -0.490 e. The summed E-state index contributed by atoms with van der Waals surface area (Å²) in [7, 11) is 1.81. The van der Waals surface area contributed by atoms with Crippen LogP contribution in [0.4, 0.5) is 0 Å². The smallest absolute Gasteiger partial charge is 0.341 e. The molecule has 1 unspecified atom stereocenters. The minimum absolute atomic E-state index is 0.0198. The summed E-state index contributed by atoms with van der Waals surface area (Å²) in [5.74, 6) is -0.106. The number of nitrogens with zero attached hydrogens (tertiary/aromatic N) is 1. The molecule has 0 heterocycles. The number of rotatable bonds is 13. The zero-order chi connectivity index (χ0) is 25.8. The lowest BCUT2D eigenvalue weighted by molar-refractivity contribution is -0.139. The maximum atomic E-state index is 13.2. The summed E-state index contributed by atoms with van der Waals surface area (Å²) in [5, 5.41) is 8.83. The van der Waals surface area contributed by atoms with Crippen LogP contribution >= 0.6 is 0 Å². The molecule has 36 heavy (non-hydrogen) atoms. The van der Waals surface area contributed by atoms with E-state index in [1.165, 1.54) is 0 Å². The first-order valence-corrected chi connectivity index (χ1v) is 12.1. The average molecular weight is 488 g/mol. The highest BCUT2D eigenvalue weighted by molar-refractivity contribution is 5.83. The molecular formula is C30H33NO5. The number of likely N-dealkylation sites (N-methyl/N-ethyl adjacent to an activating group) is 1. The van der Waals surface area contributed by atoms with Gasteiger partial charge in [0.15, 0.2) is 6.61 Å². The fourth-order valence-electron chi connectivity index (χ4n) is 3.88. The Hall–Kier alpha value is -4.06. The third kappa shape index (κ3) is 8.31. The summed E-state index contributed by atoms with van der Waals surface area (Å²) < 4.78 is 11.1. The van der Waals surface area contributed by atoms with Crippen molar-refractivity contribution in [3.8, 4) is 11.5 Å². The first-order valence-electron chi connectivity index (χ1n) is 12.1. The number of hydrogen-bond acceptors (Lipinski definition) is 4. The summed E-state index contributed by atoms with van der Waals surface area (Å²) >= 11 is 0. The standard InChI is InChI=1S/C30H33NO5/c1-3-28(25-14-8-16-27(21-25)36-22-29(32)33)30(34)31(2)18-17-24-12-7-15-26(20-24)35-19-9-13-23-10-5-4-6-11-23/h4-16,20-21,28H,3,17-19,22H2,1-2H3,(H,32,33). The van der Waals surface area contributed by atoms with Crippen molar-refractivity contribution in [2.45, 2.75) is 25.7 Å². The Morgan fingerprint density at radius 3 is 2.39 bits per heavy atom. The third-order valence-corrected chi connectivity index (χ3v) is 5.80. The predicted molar refractivity (Wildman–Crippen MR) is 141 cm³/mol. The van der Waals surface area contributed by atoms with Gasteiger partial charge in [0.05, 0.1) is 5.92 Å². The molecule has 0 saturated carbocycles. The van der Waals surface area contributed by atoms with Crippen LogP contribution in [0, 0.1) is 0 Å². The van der Waals surface area contributed by atoms with E-state index in [0.717, 1.165) is 22.4 Å². The van der Waals surface area contributed by atoms with Crippen molar-refractivity contribution in [1.29, 1.82) is 0 Å². The van der Waals surface area contributed by atoms with Crippen LogP contribution in [0.25, 0.3) is 6.08 Å². The Morgan fingerprint density at radius 1 is 0.944 bits per heavy atom. The van der Waals surface area contributed by atoms with Crippen molar-refractivity contribution < 1.29 is 24.2 Å². The fraction of sp³-hybridized carbons (Fsp3) is 0.267. The van der Waals surface area contributed by atoms with E-state index in [1.807, 2.05) is 86.8 Å².